The molecule has 1 N–H and O–H groups in total. The van der Waals surface area contributed by atoms with Gasteiger partial charge in [-0.25, -0.2) is 9.78 Å². The van der Waals surface area contributed by atoms with E-state index in [0.29, 0.717) is 24.3 Å². The van der Waals surface area contributed by atoms with Crippen LogP contribution in [-0.4, -0.2) is 61.1 Å². The number of ether oxygens (including phenoxy) is 6. The highest BCUT2D eigenvalue weighted by atomic mass is 16.7. The molecule has 0 radical (unpaired) electrons. The SMILES string of the molecule is COc1ccnc(C(=O)N[C@H]2CCC[C@H](Oc3ccccc3)[C@@H](Oc3ccccc3)[C@H](C)OC2=O)c1OCOC(C)=O. The van der Waals surface area contributed by atoms with Crippen molar-refractivity contribution in [2.75, 3.05) is 13.9 Å². The van der Waals surface area contributed by atoms with Crippen molar-refractivity contribution < 1.29 is 42.8 Å². The van der Waals surface area contributed by atoms with Crippen LogP contribution in [0.2, 0.25) is 0 Å². The van der Waals surface area contributed by atoms with Crippen LogP contribution in [0.15, 0.2) is 72.9 Å². The highest BCUT2D eigenvalue weighted by molar-refractivity contribution is 5.98. The Kier molecular flexibility index (Phi) is 10.6. The molecule has 1 fully saturated rings. The smallest absolute Gasteiger partial charge is 0.329 e. The van der Waals surface area contributed by atoms with Crippen molar-refractivity contribution >= 4 is 17.8 Å². The average molecular weight is 579 g/mol. The fourth-order valence-electron chi connectivity index (χ4n) is 4.49. The van der Waals surface area contributed by atoms with E-state index in [0.717, 1.165) is 0 Å². The van der Waals surface area contributed by atoms with E-state index >= 15 is 0 Å². The van der Waals surface area contributed by atoms with Gasteiger partial charge in [-0.2, -0.15) is 0 Å². The molecule has 1 aromatic heterocycles. The van der Waals surface area contributed by atoms with Crippen molar-refractivity contribution in [3.05, 3.63) is 78.6 Å². The van der Waals surface area contributed by atoms with Crippen molar-refractivity contribution in [2.24, 2.45) is 0 Å². The van der Waals surface area contributed by atoms with Crippen LogP contribution in [0.4, 0.5) is 0 Å². The molecule has 0 saturated carbocycles. The van der Waals surface area contributed by atoms with E-state index in [1.807, 2.05) is 60.7 Å². The molecule has 42 heavy (non-hydrogen) atoms. The number of nitrogens with zero attached hydrogens (tertiary/aromatic N) is 1. The fraction of sp³-hybridized carbons (Fsp3) is 0.355. The van der Waals surface area contributed by atoms with Gasteiger partial charge in [-0.1, -0.05) is 36.4 Å². The predicted octanol–water partition coefficient (Wildman–Crippen LogP) is 4.10. The Morgan fingerprint density at radius 3 is 2.29 bits per heavy atom. The highest BCUT2D eigenvalue weighted by Gasteiger charge is 2.37. The van der Waals surface area contributed by atoms with Crippen LogP contribution in [0.25, 0.3) is 0 Å². The van der Waals surface area contributed by atoms with Gasteiger partial charge in [-0.15, -0.1) is 0 Å². The maximum Gasteiger partial charge on any atom is 0.329 e. The van der Waals surface area contributed by atoms with E-state index in [1.165, 1.54) is 26.3 Å². The Morgan fingerprint density at radius 2 is 1.64 bits per heavy atom. The maximum atomic E-state index is 13.3. The molecule has 4 rings (SSSR count). The second-order valence-electron chi connectivity index (χ2n) is 9.55. The van der Waals surface area contributed by atoms with E-state index in [9.17, 15) is 14.4 Å². The first kappa shape index (κ1) is 30.2. The van der Waals surface area contributed by atoms with Crippen LogP contribution in [-0.2, 0) is 19.1 Å². The maximum absolute atomic E-state index is 13.3. The molecule has 1 aliphatic heterocycles. The largest absolute Gasteiger partial charge is 0.493 e. The molecule has 1 saturated heterocycles. The Morgan fingerprint density at radius 1 is 0.976 bits per heavy atom. The molecule has 2 heterocycles. The summed E-state index contributed by atoms with van der Waals surface area (Å²) in [6.07, 6.45) is 0.874. The van der Waals surface area contributed by atoms with Gasteiger partial charge in [0, 0.05) is 19.2 Å². The number of carbonyl (C=O) groups excluding carboxylic acids is 3. The van der Waals surface area contributed by atoms with Crippen LogP contribution in [0.5, 0.6) is 23.0 Å². The molecule has 2 aromatic carbocycles. The zero-order valence-corrected chi connectivity index (χ0v) is 23.7. The molecule has 0 spiro atoms. The van der Waals surface area contributed by atoms with Crippen LogP contribution >= 0.6 is 0 Å². The van der Waals surface area contributed by atoms with E-state index < -0.39 is 49.0 Å². The first-order valence-corrected chi connectivity index (χ1v) is 13.6. The number of aromatic nitrogens is 1. The summed E-state index contributed by atoms with van der Waals surface area (Å²) in [5, 5.41) is 2.72. The monoisotopic (exact) mass is 578 g/mol. The van der Waals surface area contributed by atoms with Crippen LogP contribution in [0.3, 0.4) is 0 Å². The quantitative estimate of drug-likeness (QED) is 0.277. The molecule has 4 atom stereocenters. The predicted molar refractivity (Wildman–Crippen MR) is 150 cm³/mol. The molecule has 0 bridgehead atoms. The molecule has 11 heteroatoms. The summed E-state index contributed by atoms with van der Waals surface area (Å²) in [4.78, 5) is 42.0. The third-order valence-electron chi connectivity index (χ3n) is 6.52. The van der Waals surface area contributed by atoms with Crippen molar-refractivity contribution in [3.63, 3.8) is 0 Å². The Bertz CT molecular complexity index is 1340. The molecule has 0 unspecified atom stereocenters. The summed E-state index contributed by atoms with van der Waals surface area (Å²) in [6.45, 7) is 2.51. The van der Waals surface area contributed by atoms with E-state index in [2.05, 4.69) is 10.3 Å². The Balaban J connectivity index is 1.54. The normalized spacial score (nSPS) is 20.5. The number of carbonyl (C=O) groups is 3. The summed E-state index contributed by atoms with van der Waals surface area (Å²) in [5.41, 5.74) is -0.141. The lowest BCUT2D eigenvalue weighted by molar-refractivity contribution is -0.157. The highest BCUT2D eigenvalue weighted by Crippen LogP contribution is 2.30. The number of amides is 1. The second kappa shape index (κ2) is 14.7. The lowest BCUT2D eigenvalue weighted by Gasteiger charge is -2.31. The molecule has 1 amide bonds. The van der Waals surface area contributed by atoms with Gasteiger partial charge in [0.2, 0.25) is 6.79 Å². The average Bonchev–Trinajstić information content (AvgIpc) is 3.03. The van der Waals surface area contributed by atoms with Gasteiger partial charge < -0.3 is 33.7 Å². The van der Waals surface area contributed by atoms with Crippen molar-refractivity contribution in [1.29, 1.82) is 0 Å². The minimum atomic E-state index is -0.984. The van der Waals surface area contributed by atoms with E-state index in [-0.39, 0.29) is 23.6 Å². The molecule has 0 aliphatic carbocycles. The number of hydrogen-bond donors (Lipinski definition) is 1. The first-order valence-electron chi connectivity index (χ1n) is 13.6. The first-order chi connectivity index (χ1) is 20.4. The number of methoxy groups -OCH3 is 1. The van der Waals surface area contributed by atoms with Crippen LogP contribution in [0, 0.1) is 0 Å². The molecule has 222 valence electrons. The third-order valence-corrected chi connectivity index (χ3v) is 6.52. The van der Waals surface area contributed by atoms with Crippen molar-refractivity contribution in [1.82, 2.24) is 10.3 Å². The number of rotatable bonds is 10. The summed E-state index contributed by atoms with van der Waals surface area (Å²) in [5.74, 6) is -0.419. The minimum absolute atomic E-state index is 0.0313. The summed E-state index contributed by atoms with van der Waals surface area (Å²) in [6, 6.07) is 19.1. The minimum Gasteiger partial charge on any atom is -0.493 e. The van der Waals surface area contributed by atoms with E-state index in [1.54, 1.807) is 6.92 Å². The summed E-state index contributed by atoms with van der Waals surface area (Å²) >= 11 is 0. The van der Waals surface area contributed by atoms with Gasteiger partial charge in [0.25, 0.3) is 5.91 Å². The summed E-state index contributed by atoms with van der Waals surface area (Å²) < 4.78 is 34.1. The zero-order chi connectivity index (χ0) is 29.9. The summed E-state index contributed by atoms with van der Waals surface area (Å²) in [7, 11) is 1.40. The Labute approximate surface area is 244 Å². The van der Waals surface area contributed by atoms with Crippen LogP contribution in [0.1, 0.15) is 43.6 Å². The third kappa shape index (κ3) is 8.12. The van der Waals surface area contributed by atoms with Crippen molar-refractivity contribution in [2.45, 2.75) is 57.5 Å². The lowest BCUT2D eigenvalue weighted by atomic mass is 10.0. The Hall–Kier alpha value is -4.80. The molecule has 1 aliphatic rings. The van der Waals surface area contributed by atoms with Gasteiger partial charge in [0.1, 0.15) is 29.7 Å². The number of cyclic esters (lactones) is 1. The lowest BCUT2D eigenvalue weighted by Crippen LogP contribution is -2.47. The van der Waals surface area contributed by atoms with Gasteiger partial charge in [0.15, 0.2) is 23.3 Å². The topological polar surface area (TPSA) is 132 Å². The van der Waals surface area contributed by atoms with Gasteiger partial charge >= 0.3 is 11.9 Å². The van der Waals surface area contributed by atoms with Crippen LogP contribution < -0.4 is 24.3 Å². The number of benzene rings is 2. The number of para-hydroxylation sites is 2. The molecular weight excluding hydrogens is 544 g/mol. The van der Waals surface area contributed by atoms with Gasteiger partial charge in [-0.05, 0) is 50.5 Å². The van der Waals surface area contributed by atoms with E-state index in [4.69, 9.17) is 28.4 Å². The van der Waals surface area contributed by atoms with Gasteiger partial charge in [0.05, 0.1) is 7.11 Å². The number of esters is 2. The number of hydrogen-bond acceptors (Lipinski definition) is 10. The standard InChI is InChI=1S/C31H34N2O9/c1-20-28(42-23-13-8-5-9-14-23)26(41-22-11-6-4-7-12-22)16-10-15-24(31(36)40-20)33-30(35)27-29(39-19-38-21(2)34)25(37-3)17-18-32-27/h4-9,11-14,17-18,20,24,26,28H,10,15-16,19H2,1-3H3,(H,33,35)/t20-,24-,26-,28-/m0/s1. The molecular formula is C31H34N2O9. The fourth-order valence-corrected chi connectivity index (χ4v) is 4.49. The number of pyridine rings is 1. The van der Waals surface area contributed by atoms with Crippen molar-refractivity contribution in [3.8, 4) is 23.0 Å². The second-order valence-corrected chi connectivity index (χ2v) is 9.55. The number of nitrogens with one attached hydrogen (secondary N) is 1. The molecule has 11 nitrogen and oxygen atoms in total. The zero-order valence-electron chi connectivity index (χ0n) is 23.7. The van der Waals surface area contributed by atoms with Gasteiger partial charge in [-0.3, -0.25) is 9.59 Å². The molecule has 3 aromatic rings.